The van der Waals surface area contributed by atoms with Gasteiger partial charge >= 0.3 is 0 Å². The maximum atomic E-state index is 13.2. The smallest absolute Gasteiger partial charge is 0.137 e. The number of halogens is 2. The maximum absolute atomic E-state index is 13.2. The molecule has 0 heterocycles. The van der Waals surface area contributed by atoms with Gasteiger partial charge in [0.25, 0.3) is 0 Å². The Morgan fingerprint density at radius 1 is 1.11 bits per heavy atom. The van der Waals surface area contributed by atoms with Crippen molar-refractivity contribution in [3.05, 3.63) is 28.5 Å². The van der Waals surface area contributed by atoms with Gasteiger partial charge < -0.3 is 5.32 Å². The fourth-order valence-corrected chi connectivity index (χ4v) is 3.38. The van der Waals surface area contributed by atoms with E-state index in [9.17, 15) is 4.39 Å². The van der Waals surface area contributed by atoms with Gasteiger partial charge in [0.05, 0.1) is 4.47 Å². The third kappa shape index (κ3) is 2.42. The fourth-order valence-electron chi connectivity index (χ4n) is 3.00. The van der Waals surface area contributed by atoms with Crippen LogP contribution in [0.15, 0.2) is 22.7 Å². The van der Waals surface area contributed by atoms with E-state index in [0.29, 0.717) is 10.5 Å². The largest absolute Gasteiger partial charge is 0.382 e. The predicted molar refractivity (Wildman–Crippen MR) is 76.2 cm³/mol. The van der Waals surface area contributed by atoms with Gasteiger partial charge in [0.1, 0.15) is 5.82 Å². The van der Waals surface area contributed by atoms with Crippen LogP contribution < -0.4 is 5.32 Å². The first-order valence-electron chi connectivity index (χ1n) is 6.95. The van der Waals surface area contributed by atoms with Crippen molar-refractivity contribution in [2.45, 2.75) is 44.6 Å². The Kier molecular flexibility index (Phi) is 3.60. The van der Waals surface area contributed by atoms with Gasteiger partial charge in [-0.3, -0.25) is 0 Å². The van der Waals surface area contributed by atoms with E-state index < -0.39 is 0 Å². The van der Waals surface area contributed by atoms with Crippen molar-refractivity contribution >= 4 is 21.6 Å². The van der Waals surface area contributed by atoms with E-state index in [2.05, 4.69) is 21.2 Å². The lowest BCUT2D eigenvalue weighted by atomic mass is 9.68. The van der Waals surface area contributed by atoms with E-state index in [1.165, 1.54) is 44.6 Å². The highest BCUT2D eigenvalue weighted by molar-refractivity contribution is 9.10. The average molecular weight is 312 g/mol. The van der Waals surface area contributed by atoms with E-state index in [4.69, 9.17) is 0 Å². The summed E-state index contributed by atoms with van der Waals surface area (Å²) >= 11 is 3.26. The van der Waals surface area contributed by atoms with Crippen LogP contribution >= 0.6 is 15.9 Å². The van der Waals surface area contributed by atoms with Gasteiger partial charge in [-0.15, -0.1) is 0 Å². The molecule has 1 aromatic carbocycles. The van der Waals surface area contributed by atoms with Crippen molar-refractivity contribution in [3.8, 4) is 0 Å². The van der Waals surface area contributed by atoms with E-state index >= 15 is 0 Å². The summed E-state index contributed by atoms with van der Waals surface area (Å²) in [5.74, 6) is 1.47. The molecule has 3 rings (SSSR count). The second-order valence-electron chi connectivity index (χ2n) is 5.68. The van der Waals surface area contributed by atoms with Crippen LogP contribution in [0.4, 0.5) is 10.1 Å². The SMILES string of the molecule is Fc1ccc(NC(C2CCC2)C2CCC2)cc1Br. The van der Waals surface area contributed by atoms with Crippen molar-refractivity contribution in [2.75, 3.05) is 5.32 Å². The molecule has 0 aromatic heterocycles. The molecule has 1 N–H and O–H groups in total. The van der Waals surface area contributed by atoms with Gasteiger partial charge in [0.15, 0.2) is 0 Å². The lowest BCUT2D eigenvalue weighted by Gasteiger charge is -2.43. The normalized spacial score (nSPS) is 20.6. The summed E-state index contributed by atoms with van der Waals surface area (Å²) in [6.45, 7) is 0. The Morgan fingerprint density at radius 3 is 2.17 bits per heavy atom. The van der Waals surface area contributed by atoms with Crippen LogP contribution in [0.5, 0.6) is 0 Å². The molecule has 0 radical (unpaired) electrons. The first-order chi connectivity index (χ1) is 8.74. The summed E-state index contributed by atoms with van der Waals surface area (Å²) in [5, 5.41) is 3.65. The molecule has 0 spiro atoms. The summed E-state index contributed by atoms with van der Waals surface area (Å²) in [7, 11) is 0. The zero-order chi connectivity index (χ0) is 12.5. The van der Waals surface area contributed by atoms with Crippen LogP contribution in [0.1, 0.15) is 38.5 Å². The molecule has 0 aliphatic heterocycles. The van der Waals surface area contributed by atoms with E-state index in [1.807, 2.05) is 12.1 Å². The standard InChI is InChI=1S/C15H19BrFN/c16-13-9-12(7-8-14(13)17)18-15(10-3-1-4-10)11-5-2-6-11/h7-11,15,18H,1-6H2. The van der Waals surface area contributed by atoms with Crippen LogP contribution in [0.3, 0.4) is 0 Å². The van der Waals surface area contributed by atoms with Crippen molar-refractivity contribution in [3.63, 3.8) is 0 Å². The Hall–Kier alpha value is -0.570. The predicted octanol–water partition coefficient (Wildman–Crippen LogP) is 4.97. The number of anilines is 1. The van der Waals surface area contributed by atoms with Gasteiger partial charge in [0, 0.05) is 11.7 Å². The Bertz CT molecular complexity index is 413. The van der Waals surface area contributed by atoms with E-state index in [0.717, 1.165) is 17.5 Å². The summed E-state index contributed by atoms with van der Waals surface area (Å²) in [6, 6.07) is 5.85. The lowest BCUT2D eigenvalue weighted by molar-refractivity contribution is 0.166. The molecule has 0 amide bonds. The van der Waals surface area contributed by atoms with Crippen molar-refractivity contribution in [2.24, 2.45) is 11.8 Å². The molecule has 0 bridgehead atoms. The Morgan fingerprint density at radius 2 is 1.72 bits per heavy atom. The monoisotopic (exact) mass is 311 g/mol. The summed E-state index contributed by atoms with van der Waals surface area (Å²) in [6.07, 6.45) is 8.19. The van der Waals surface area contributed by atoms with Crippen LogP contribution in [-0.4, -0.2) is 6.04 Å². The molecule has 0 unspecified atom stereocenters. The molecule has 1 aromatic rings. The van der Waals surface area contributed by atoms with Gasteiger partial charge in [-0.2, -0.15) is 0 Å². The number of hydrogen-bond acceptors (Lipinski definition) is 1. The molecule has 1 nitrogen and oxygen atoms in total. The van der Waals surface area contributed by atoms with Crippen LogP contribution in [0.25, 0.3) is 0 Å². The quantitative estimate of drug-likeness (QED) is 0.828. The molecule has 0 saturated heterocycles. The molecule has 2 aliphatic rings. The third-order valence-corrected chi connectivity index (χ3v) is 5.18. The highest BCUT2D eigenvalue weighted by atomic mass is 79.9. The van der Waals surface area contributed by atoms with Gasteiger partial charge in [-0.1, -0.05) is 12.8 Å². The first-order valence-corrected chi connectivity index (χ1v) is 7.75. The molecule has 18 heavy (non-hydrogen) atoms. The summed E-state index contributed by atoms with van der Waals surface area (Å²) in [4.78, 5) is 0. The number of benzene rings is 1. The third-order valence-electron chi connectivity index (χ3n) is 4.57. The zero-order valence-corrected chi connectivity index (χ0v) is 12.0. The molecule has 98 valence electrons. The maximum Gasteiger partial charge on any atom is 0.137 e. The van der Waals surface area contributed by atoms with E-state index in [-0.39, 0.29) is 5.82 Å². The first kappa shape index (κ1) is 12.5. The zero-order valence-electron chi connectivity index (χ0n) is 10.5. The van der Waals surface area contributed by atoms with Crippen molar-refractivity contribution < 1.29 is 4.39 Å². The van der Waals surface area contributed by atoms with Crippen molar-refractivity contribution in [1.29, 1.82) is 0 Å². The molecular weight excluding hydrogens is 293 g/mol. The minimum atomic E-state index is -0.190. The average Bonchev–Trinajstić information content (AvgIpc) is 2.18. The molecule has 3 heteroatoms. The van der Waals surface area contributed by atoms with Gasteiger partial charge in [-0.25, -0.2) is 4.39 Å². The number of rotatable bonds is 4. The van der Waals surface area contributed by atoms with Crippen LogP contribution in [0, 0.1) is 17.7 Å². The fraction of sp³-hybridized carbons (Fsp3) is 0.600. The Balaban J connectivity index is 1.72. The summed E-state index contributed by atoms with van der Waals surface area (Å²) in [5.41, 5.74) is 1.05. The number of nitrogens with one attached hydrogen (secondary N) is 1. The Labute approximate surface area is 116 Å². The second-order valence-corrected chi connectivity index (χ2v) is 6.54. The minimum absolute atomic E-state index is 0.190. The minimum Gasteiger partial charge on any atom is -0.382 e. The van der Waals surface area contributed by atoms with Gasteiger partial charge in [0.2, 0.25) is 0 Å². The van der Waals surface area contributed by atoms with Gasteiger partial charge in [-0.05, 0) is 71.6 Å². The summed E-state index contributed by atoms with van der Waals surface area (Å²) < 4.78 is 13.8. The highest BCUT2D eigenvalue weighted by Crippen LogP contribution is 2.41. The molecular formula is C15H19BrFN. The molecule has 2 fully saturated rings. The molecule has 0 atom stereocenters. The molecule has 2 aliphatic carbocycles. The lowest BCUT2D eigenvalue weighted by Crippen LogP contribution is -2.42. The van der Waals surface area contributed by atoms with Crippen molar-refractivity contribution in [1.82, 2.24) is 0 Å². The molecule has 2 saturated carbocycles. The topological polar surface area (TPSA) is 12.0 Å². The van der Waals surface area contributed by atoms with Crippen LogP contribution in [-0.2, 0) is 0 Å². The van der Waals surface area contributed by atoms with Crippen LogP contribution in [0.2, 0.25) is 0 Å². The second kappa shape index (κ2) is 5.20. The number of hydrogen-bond donors (Lipinski definition) is 1. The highest BCUT2D eigenvalue weighted by Gasteiger charge is 2.35. The van der Waals surface area contributed by atoms with E-state index in [1.54, 1.807) is 0 Å².